The van der Waals surface area contributed by atoms with Gasteiger partial charge in [0.1, 0.15) is 5.69 Å². The van der Waals surface area contributed by atoms with Crippen molar-refractivity contribution in [2.75, 3.05) is 18.7 Å². The second-order valence-electron chi connectivity index (χ2n) is 4.54. The summed E-state index contributed by atoms with van der Waals surface area (Å²) in [5.74, 6) is 1.49. The number of nitrogens with zero attached hydrogens (tertiary/aromatic N) is 1. The van der Waals surface area contributed by atoms with Crippen LogP contribution >= 0.6 is 0 Å². The van der Waals surface area contributed by atoms with Gasteiger partial charge >= 0.3 is 0 Å². The van der Waals surface area contributed by atoms with Crippen molar-refractivity contribution < 1.29 is 14.4 Å². The second kappa shape index (κ2) is 5.77. The Morgan fingerprint density at radius 3 is 2.53 bits per heavy atom. The molecule has 6 heteroatoms. The van der Waals surface area contributed by atoms with Crippen LogP contribution in [0.15, 0.2) is 12.1 Å². The molecule has 0 unspecified atom stereocenters. The molecular weight excluding hydrogens is 248 g/mol. The average Bonchev–Trinajstić information content (AvgIpc) is 2.85. The van der Waals surface area contributed by atoms with Crippen LogP contribution in [-0.4, -0.2) is 18.3 Å². The first kappa shape index (κ1) is 13.5. The number of anilines is 1. The van der Waals surface area contributed by atoms with Crippen LogP contribution in [0, 0.1) is 16.0 Å². The summed E-state index contributed by atoms with van der Waals surface area (Å²) in [5.41, 5.74) is 0.511. The largest absolute Gasteiger partial charge is 0.454 e. The van der Waals surface area contributed by atoms with Crippen LogP contribution in [0.4, 0.5) is 11.4 Å². The lowest BCUT2D eigenvalue weighted by Gasteiger charge is -2.14. The molecule has 0 spiro atoms. The van der Waals surface area contributed by atoms with E-state index >= 15 is 0 Å². The van der Waals surface area contributed by atoms with Crippen LogP contribution < -0.4 is 14.8 Å². The zero-order valence-electron chi connectivity index (χ0n) is 11.1. The molecule has 6 nitrogen and oxygen atoms in total. The lowest BCUT2D eigenvalue weighted by molar-refractivity contribution is -0.384. The van der Waals surface area contributed by atoms with Crippen molar-refractivity contribution in [2.45, 2.75) is 26.7 Å². The standard InChI is InChI=1S/C13H18N2O4/c1-3-9(4-2)7-14-10-5-12-13(19-8-18-12)6-11(10)15(16)17/h5-6,9,14H,3-4,7-8H2,1-2H3. The van der Waals surface area contributed by atoms with Gasteiger partial charge in [0, 0.05) is 12.6 Å². The van der Waals surface area contributed by atoms with E-state index in [9.17, 15) is 10.1 Å². The van der Waals surface area contributed by atoms with E-state index in [-0.39, 0.29) is 12.5 Å². The van der Waals surface area contributed by atoms with Crippen molar-refractivity contribution in [3.8, 4) is 11.5 Å². The monoisotopic (exact) mass is 266 g/mol. The number of rotatable bonds is 6. The third-order valence-corrected chi connectivity index (χ3v) is 3.42. The molecule has 1 aromatic carbocycles. The van der Waals surface area contributed by atoms with Gasteiger partial charge in [-0.3, -0.25) is 10.1 Å². The minimum Gasteiger partial charge on any atom is -0.454 e. The van der Waals surface area contributed by atoms with Crippen LogP contribution in [0.25, 0.3) is 0 Å². The fourth-order valence-electron chi connectivity index (χ4n) is 2.06. The highest BCUT2D eigenvalue weighted by Crippen LogP contribution is 2.40. The predicted octanol–water partition coefficient (Wildman–Crippen LogP) is 3.17. The maximum atomic E-state index is 11.1. The summed E-state index contributed by atoms with van der Waals surface area (Å²) in [7, 11) is 0. The molecule has 1 aromatic rings. The Morgan fingerprint density at radius 2 is 1.95 bits per heavy atom. The second-order valence-corrected chi connectivity index (χ2v) is 4.54. The number of fused-ring (bicyclic) bond motifs is 1. The summed E-state index contributed by atoms with van der Waals surface area (Å²) >= 11 is 0. The molecule has 104 valence electrons. The zero-order chi connectivity index (χ0) is 13.8. The molecule has 2 rings (SSSR count). The number of benzene rings is 1. The van der Waals surface area contributed by atoms with Crippen molar-refractivity contribution >= 4 is 11.4 Å². The fraction of sp³-hybridized carbons (Fsp3) is 0.538. The highest BCUT2D eigenvalue weighted by molar-refractivity contribution is 5.68. The Morgan fingerprint density at radius 1 is 1.32 bits per heavy atom. The highest BCUT2D eigenvalue weighted by atomic mass is 16.7. The summed E-state index contributed by atoms with van der Waals surface area (Å²) in [5, 5.41) is 14.2. The van der Waals surface area contributed by atoms with Crippen LogP contribution in [0.3, 0.4) is 0 Å². The maximum absolute atomic E-state index is 11.1. The van der Waals surface area contributed by atoms with Crippen LogP contribution in [0.2, 0.25) is 0 Å². The van der Waals surface area contributed by atoms with Crippen LogP contribution in [-0.2, 0) is 0 Å². The van der Waals surface area contributed by atoms with Gasteiger partial charge in [-0.2, -0.15) is 0 Å². The molecule has 0 radical (unpaired) electrons. The highest BCUT2D eigenvalue weighted by Gasteiger charge is 2.23. The molecule has 0 aromatic heterocycles. The molecule has 0 aliphatic carbocycles. The summed E-state index contributed by atoms with van der Waals surface area (Å²) in [6.07, 6.45) is 2.09. The van der Waals surface area contributed by atoms with Gasteiger partial charge in [0.2, 0.25) is 6.79 Å². The lowest BCUT2D eigenvalue weighted by atomic mass is 10.0. The third-order valence-electron chi connectivity index (χ3n) is 3.42. The van der Waals surface area contributed by atoms with Crippen LogP contribution in [0.1, 0.15) is 26.7 Å². The maximum Gasteiger partial charge on any atom is 0.296 e. The van der Waals surface area contributed by atoms with Gasteiger partial charge in [0.25, 0.3) is 5.69 Å². The molecule has 1 N–H and O–H groups in total. The minimum atomic E-state index is -0.406. The van der Waals surface area contributed by atoms with Gasteiger partial charge in [-0.25, -0.2) is 0 Å². The predicted molar refractivity (Wildman–Crippen MR) is 71.8 cm³/mol. The average molecular weight is 266 g/mol. The molecule has 19 heavy (non-hydrogen) atoms. The van der Waals surface area contributed by atoms with Gasteiger partial charge in [0.05, 0.1) is 11.0 Å². The van der Waals surface area contributed by atoms with E-state index in [1.807, 2.05) is 0 Å². The van der Waals surface area contributed by atoms with Crippen molar-refractivity contribution in [1.82, 2.24) is 0 Å². The zero-order valence-corrected chi connectivity index (χ0v) is 11.1. The van der Waals surface area contributed by atoms with E-state index in [0.29, 0.717) is 29.6 Å². The Labute approximate surface area is 111 Å². The van der Waals surface area contributed by atoms with Crippen LogP contribution in [0.5, 0.6) is 11.5 Å². The molecule has 1 heterocycles. The van der Waals surface area contributed by atoms with Crippen molar-refractivity contribution in [3.63, 3.8) is 0 Å². The lowest BCUT2D eigenvalue weighted by Crippen LogP contribution is -2.13. The Kier molecular flexibility index (Phi) is 4.09. The van der Waals surface area contributed by atoms with Crippen molar-refractivity contribution in [3.05, 3.63) is 22.2 Å². The third kappa shape index (κ3) is 2.89. The van der Waals surface area contributed by atoms with Gasteiger partial charge < -0.3 is 14.8 Å². The number of nitro groups is 1. The first-order valence-electron chi connectivity index (χ1n) is 6.47. The van der Waals surface area contributed by atoms with E-state index in [1.54, 1.807) is 6.07 Å². The number of hydrogen-bond donors (Lipinski definition) is 1. The molecule has 0 fully saturated rings. The molecule has 0 saturated heterocycles. The van der Waals surface area contributed by atoms with Gasteiger partial charge in [-0.15, -0.1) is 0 Å². The van der Waals surface area contributed by atoms with E-state index in [2.05, 4.69) is 19.2 Å². The van der Waals surface area contributed by atoms with Gasteiger partial charge in [0.15, 0.2) is 11.5 Å². The molecule has 0 bridgehead atoms. The Bertz CT molecular complexity index is 472. The van der Waals surface area contributed by atoms with Crippen molar-refractivity contribution in [2.24, 2.45) is 5.92 Å². The van der Waals surface area contributed by atoms with E-state index in [0.717, 1.165) is 12.8 Å². The molecular formula is C13H18N2O4. The first-order chi connectivity index (χ1) is 9.15. The van der Waals surface area contributed by atoms with Gasteiger partial charge in [-0.05, 0) is 5.92 Å². The molecule has 1 aliphatic rings. The van der Waals surface area contributed by atoms with E-state index in [4.69, 9.17) is 9.47 Å². The summed E-state index contributed by atoms with van der Waals surface area (Å²) in [6.45, 7) is 5.06. The smallest absolute Gasteiger partial charge is 0.296 e. The number of ether oxygens (including phenoxy) is 2. The minimum absolute atomic E-state index is 0.0233. The Balaban J connectivity index is 2.20. The Hall–Kier alpha value is -1.98. The molecule has 0 saturated carbocycles. The topological polar surface area (TPSA) is 73.6 Å². The summed E-state index contributed by atoms with van der Waals surface area (Å²) in [4.78, 5) is 10.7. The SMILES string of the molecule is CCC(CC)CNc1cc2c(cc1[N+](=O)[O-])OCO2. The number of nitro benzene ring substituents is 1. The van der Waals surface area contributed by atoms with Gasteiger partial charge in [-0.1, -0.05) is 26.7 Å². The summed E-state index contributed by atoms with van der Waals surface area (Å²) < 4.78 is 10.4. The quantitative estimate of drug-likeness (QED) is 0.632. The summed E-state index contributed by atoms with van der Waals surface area (Å²) in [6, 6.07) is 3.06. The molecule has 1 aliphatic heterocycles. The molecule has 0 atom stereocenters. The normalized spacial score (nSPS) is 12.8. The fourth-order valence-corrected chi connectivity index (χ4v) is 2.06. The first-order valence-corrected chi connectivity index (χ1v) is 6.47. The van der Waals surface area contributed by atoms with E-state index in [1.165, 1.54) is 6.07 Å². The molecule has 0 amide bonds. The van der Waals surface area contributed by atoms with E-state index < -0.39 is 4.92 Å². The van der Waals surface area contributed by atoms with Crippen molar-refractivity contribution in [1.29, 1.82) is 0 Å². The number of hydrogen-bond acceptors (Lipinski definition) is 5. The number of nitrogens with one attached hydrogen (secondary N) is 1.